The van der Waals surface area contributed by atoms with Gasteiger partial charge in [-0.2, -0.15) is 0 Å². The summed E-state index contributed by atoms with van der Waals surface area (Å²) >= 11 is 1.55. The fourth-order valence-corrected chi connectivity index (χ4v) is 2.92. The number of thiazole rings is 1. The number of nitrogen functional groups attached to an aromatic ring is 1. The molecular formula is C11H14N4O2S2. The third-order valence-corrected chi connectivity index (χ3v) is 4.76. The molecule has 2 aromatic rings. The maximum absolute atomic E-state index is 11.7. The molecule has 19 heavy (non-hydrogen) atoms. The van der Waals surface area contributed by atoms with Gasteiger partial charge in [0.05, 0.1) is 12.2 Å². The summed E-state index contributed by atoms with van der Waals surface area (Å²) in [5, 5.41) is 5.98. The van der Waals surface area contributed by atoms with Crippen LogP contribution in [0.4, 0.5) is 11.4 Å². The molecule has 0 amide bonds. The van der Waals surface area contributed by atoms with Crippen molar-refractivity contribution in [2.75, 3.05) is 18.1 Å². The number of nitrogens with zero attached hydrogens (tertiary/aromatic N) is 1. The average Bonchev–Trinajstić information content (AvgIpc) is 2.89. The number of anilines is 2. The van der Waals surface area contributed by atoms with Crippen molar-refractivity contribution in [1.82, 2.24) is 9.71 Å². The SMILES string of the molecule is CNS(=O)(=O)c1ccc(NCc2nccs2)cc1N. The maximum Gasteiger partial charge on any atom is 0.242 e. The number of hydrogen-bond donors (Lipinski definition) is 3. The van der Waals surface area contributed by atoms with E-state index in [0.29, 0.717) is 6.54 Å². The molecule has 1 aromatic carbocycles. The molecule has 102 valence electrons. The van der Waals surface area contributed by atoms with Crippen LogP contribution in [0.15, 0.2) is 34.7 Å². The van der Waals surface area contributed by atoms with Crippen molar-refractivity contribution < 1.29 is 8.42 Å². The Morgan fingerprint density at radius 1 is 1.42 bits per heavy atom. The molecule has 0 spiro atoms. The molecule has 0 aliphatic carbocycles. The normalized spacial score (nSPS) is 11.4. The molecule has 2 rings (SSSR count). The summed E-state index contributed by atoms with van der Waals surface area (Å²) in [4.78, 5) is 4.22. The van der Waals surface area contributed by atoms with Crippen molar-refractivity contribution in [1.29, 1.82) is 0 Å². The molecule has 8 heteroatoms. The standard InChI is InChI=1S/C11H14N4O2S2/c1-13-19(16,17)10-3-2-8(6-9(10)12)15-7-11-14-4-5-18-11/h2-6,13,15H,7,12H2,1H3. The molecule has 0 aliphatic rings. The minimum absolute atomic E-state index is 0.0785. The Hall–Kier alpha value is -1.64. The zero-order valence-electron chi connectivity index (χ0n) is 10.3. The Morgan fingerprint density at radius 2 is 2.21 bits per heavy atom. The third-order valence-electron chi connectivity index (χ3n) is 2.50. The Balaban J connectivity index is 2.15. The minimum Gasteiger partial charge on any atom is -0.398 e. The third kappa shape index (κ3) is 3.22. The number of sulfonamides is 1. The number of nitrogens with one attached hydrogen (secondary N) is 2. The topological polar surface area (TPSA) is 97.1 Å². The highest BCUT2D eigenvalue weighted by atomic mass is 32.2. The van der Waals surface area contributed by atoms with Crippen LogP contribution < -0.4 is 15.8 Å². The average molecular weight is 298 g/mol. The first-order chi connectivity index (χ1) is 9.03. The first kappa shape index (κ1) is 13.8. The van der Waals surface area contributed by atoms with Crippen molar-refractivity contribution >= 4 is 32.7 Å². The van der Waals surface area contributed by atoms with Crippen LogP contribution >= 0.6 is 11.3 Å². The van der Waals surface area contributed by atoms with Gasteiger partial charge >= 0.3 is 0 Å². The molecule has 1 aromatic heterocycles. The number of rotatable bonds is 5. The van der Waals surface area contributed by atoms with Gasteiger partial charge in [-0.15, -0.1) is 11.3 Å². The molecule has 1 heterocycles. The first-order valence-corrected chi connectivity index (χ1v) is 7.84. The van der Waals surface area contributed by atoms with Crippen LogP contribution in [0, 0.1) is 0 Å². The Labute approximate surface area is 115 Å². The Morgan fingerprint density at radius 3 is 2.79 bits per heavy atom. The zero-order chi connectivity index (χ0) is 13.9. The van der Waals surface area contributed by atoms with Crippen LogP contribution in [0.5, 0.6) is 0 Å². The lowest BCUT2D eigenvalue weighted by molar-refractivity contribution is 0.588. The van der Waals surface area contributed by atoms with Crippen molar-refractivity contribution in [3.8, 4) is 0 Å². The number of hydrogen-bond acceptors (Lipinski definition) is 6. The summed E-state index contributed by atoms with van der Waals surface area (Å²) < 4.78 is 25.6. The van der Waals surface area contributed by atoms with Gasteiger partial charge in [0.25, 0.3) is 0 Å². The van der Waals surface area contributed by atoms with E-state index in [9.17, 15) is 8.42 Å². The van der Waals surface area contributed by atoms with Gasteiger partial charge in [-0.25, -0.2) is 18.1 Å². The van der Waals surface area contributed by atoms with Crippen LogP contribution in [0.3, 0.4) is 0 Å². The lowest BCUT2D eigenvalue weighted by Gasteiger charge is -2.09. The van der Waals surface area contributed by atoms with Gasteiger partial charge in [-0.1, -0.05) is 0 Å². The molecule has 0 aliphatic heterocycles. The van der Waals surface area contributed by atoms with E-state index in [2.05, 4.69) is 15.0 Å². The van der Waals surface area contributed by atoms with Gasteiger partial charge < -0.3 is 11.1 Å². The van der Waals surface area contributed by atoms with E-state index in [0.717, 1.165) is 10.7 Å². The predicted molar refractivity (Wildman–Crippen MR) is 76.5 cm³/mol. The number of benzene rings is 1. The van der Waals surface area contributed by atoms with Gasteiger partial charge in [-0.3, -0.25) is 0 Å². The number of aromatic nitrogens is 1. The maximum atomic E-state index is 11.7. The van der Waals surface area contributed by atoms with Crippen LogP contribution in [0.2, 0.25) is 0 Å². The van der Waals surface area contributed by atoms with Crippen molar-refractivity contribution in [3.05, 3.63) is 34.8 Å². The van der Waals surface area contributed by atoms with Crippen molar-refractivity contribution in [2.45, 2.75) is 11.4 Å². The molecule has 4 N–H and O–H groups in total. The second-order valence-corrected chi connectivity index (χ2v) is 6.57. The Bertz CT molecular complexity index is 653. The molecule has 0 radical (unpaired) electrons. The van der Waals surface area contributed by atoms with E-state index in [-0.39, 0.29) is 10.6 Å². The monoisotopic (exact) mass is 298 g/mol. The predicted octanol–water partition coefficient (Wildman–Crippen LogP) is 1.25. The summed E-state index contributed by atoms with van der Waals surface area (Å²) in [5.41, 5.74) is 6.72. The molecular weight excluding hydrogens is 284 g/mol. The van der Waals surface area contributed by atoms with Gasteiger partial charge in [-0.05, 0) is 25.2 Å². The quantitative estimate of drug-likeness (QED) is 0.722. The molecule has 0 bridgehead atoms. The van der Waals surface area contributed by atoms with Crippen LogP contribution in [-0.4, -0.2) is 20.4 Å². The van der Waals surface area contributed by atoms with Gasteiger partial charge in [0.15, 0.2) is 0 Å². The van der Waals surface area contributed by atoms with Crippen LogP contribution in [-0.2, 0) is 16.6 Å². The molecule has 0 atom stereocenters. The largest absolute Gasteiger partial charge is 0.398 e. The van der Waals surface area contributed by atoms with Crippen molar-refractivity contribution in [3.63, 3.8) is 0 Å². The van der Waals surface area contributed by atoms with Gasteiger partial charge in [0.2, 0.25) is 10.0 Å². The summed E-state index contributed by atoms with van der Waals surface area (Å²) in [5.74, 6) is 0. The van der Waals surface area contributed by atoms with E-state index in [4.69, 9.17) is 5.73 Å². The van der Waals surface area contributed by atoms with E-state index >= 15 is 0 Å². The van der Waals surface area contributed by atoms with E-state index in [1.165, 1.54) is 13.1 Å². The molecule has 0 unspecified atom stereocenters. The summed E-state index contributed by atoms with van der Waals surface area (Å²) in [6, 6.07) is 4.75. The molecule has 0 saturated carbocycles. The second kappa shape index (κ2) is 5.55. The van der Waals surface area contributed by atoms with Crippen LogP contribution in [0.25, 0.3) is 0 Å². The highest BCUT2D eigenvalue weighted by Gasteiger charge is 2.15. The highest BCUT2D eigenvalue weighted by Crippen LogP contribution is 2.22. The van der Waals surface area contributed by atoms with E-state index < -0.39 is 10.0 Å². The molecule has 0 saturated heterocycles. The van der Waals surface area contributed by atoms with E-state index in [1.807, 2.05) is 5.38 Å². The fraction of sp³-hybridized carbons (Fsp3) is 0.182. The summed E-state index contributed by atoms with van der Waals surface area (Å²) in [7, 11) is -2.17. The lowest BCUT2D eigenvalue weighted by atomic mass is 10.3. The summed E-state index contributed by atoms with van der Waals surface area (Å²) in [6.07, 6.45) is 1.73. The van der Waals surface area contributed by atoms with Crippen LogP contribution in [0.1, 0.15) is 5.01 Å². The van der Waals surface area contributed by atoms with E-state index in [1.54, 1.807) is 29.7 Å². The summed E-state index contributed by atoms with van der Waals surface area (Å²) in [6.45, 7) is 0.579. The lowest BCUT2D eigenvalue weighted by Crippen LogP contribution is -2.20. The Kier molecular flexibility index (Phi) is 4.03. The zero-order valence-corrected chi connectivity index (χ0v) is 11.9. The fourth-order valence-electron chi connectivity index (χ4n) is 1.53. The molecule has 0 fully saturated rings. The molecule has 6 nitrogen and oxygen atoms in total. The smallest absolute Gasteiger partial charge is 0.242 e. The van der Waals surface area contributed by atoms with Gasteiger partial charge in [0, 0.05) is 17.3 Å². The minimum atomic E-state index is -3.52. The van der Waals surface area contributed by atoms with Gasteiger partial charge in [0.1, 0.15) is 9.90 Å². The first-order valence-electron chi connectivity index (χ1n) is 5.48. The second-order valence-electron chi connectivity index (χ2n) is 3.74. The highest BCUT2D eigenvalue weighted by molar-refractivity contribution is 7.89. The van der Waals surface area contributed by atoms with Crippen molar-refractivity contribution in [2.24, 2.45) is 0 Å². The number of nitrogens with two attached hydrogens (primary N) is 1.